The summed E-state index contributed by atoms with van der Waals surface area (Å²) in [7, 11) is 2.09. The molecule has 0 saturated carbocycles. The van der Waals surface area contributed by atoms with Crippen LogP contribution in [0.5, 0.6) is 0 Å². The predicted molar refractivity (Wildman–Crippen MR) is 70.9 cm³/mol. The number of nitrogens with one attached hydrogen (secondary N) is 1. The fraction of sp³-hybridized carbons (Fsp3) is 0.846. The quantitative estimate of drug-likeness (QED) is 0.777. The number of hydrogen-bond acceptors (Lipinski definition) is 3. The number of hydrogen-bond donors (Lipinski definition) is 2. The summed E-state index contributed by atoms with van der Waals surface area (Å²) in [5, 5.41) is 12.1. The number of likely N-dealkylation sites (tertiary alicyclic amines) is 1. The Kier molecular flexibility index (Phi) is 3.71. The lowest BCUT2D eigenvalue weighted by atomic mass is 9.93. The Balaban J connectivity index is 1.94. The third-order valence-corrected chi connectivity index (χ3v) is 4.18. The third-order valence-electron chi connectivity index (χ3n) is 4.18. The highest BCUT2D eigenvalue weighted by Crippen LogP contribution is 2.25. The van der Waals surface area contributed by atoms with E-state index in [2.05, 4.69) is 17.3 Å². The van der Waals surface area contributed by atoms with Crippen molar-refractivity contribution in [1.29, 1.82) is 0 Å². The van der Waals surface area contributed by atoms with E-state index in [-0.39, 0.29) is 18.6 Å². The first-order valence-corrected chi connectivity index (χ1v) is 6.77. The maximum absolute atomic E-state index is 11.9. The normalized spacial score (nSPS) is 28.8. The first kappa shape index (κ1) is 14.1. The Morgan fingerprint density at radius 2 is 2.16 bits per heavy atom. The van der Waals surface area contributed by atoms with Crippen molar-refractivity contribution >= 4 is 12.0 Å². The van der Waals surface area contributed by atoms with E-state index in [1.165, 1.54) is 0 Å². The highest BCUT2D eigenvalue weighted by molar-refractivity contribution is 5.79. The molecule has 19 heavy (non-hydrogen) atoms. The van der Waals surface area contributed by atoms with Crippen molar-refractivity contribution in [3.63, 3.8) is 0 Å². The summed E-state index contributed by atoms with van der Waals surface area (Å²) in [5.41, 5.74) is -0.904. The summed E-state index contributed by atoms with van der Waals surface area (Å²) < 4.78 is 0. The van der Waals surface area contributed by atoms with Crippen LogP contribution in [-0.4, -0.2) is 66.2 Å². The molecule has 0 bridgehead atoms. The molecule has 0 aliphatic carbocycles. The molecule has 0 aromatic carbocycles. The number of nitrogens with zero attached hydrogens (tertiary/aromatic N) is 2. The fourth-order valence-electron chi connectivity index (χ4n) is 2.86. The first-order valence-electron chi connectivity index (χ1n) is 6.77. The molecular weight excluding hydrogens is 246 g/mol. The molecule has 0 spiro atoms. The van der Waals surface area contributed by atoms with Crippen molar-refractivity contribution < 1.29 is 14.7 Å². The molecule has 2 aliphatic rings. The summed E-state index contributed by atoms with van der Waals surface area (Å²) in [6.07, 6.45) is 1.09. The van der Waals surface area contributed by atoms with Crippen LogP contribution in [0.25, 0.3) is 0 Å². The maximum Gasteiger partial charge on any atom is 0.317 e. The van der Waals surface area contributed by atoms with Gasteiger partial charge in [-0.2, -0.15) is 0 Å². The molecule has 0 radical (unpaired) electrons. The van der Waals surface area contributed by atoms with Crippen LogP contribution in [0.1, 0.15) is 20.3 Å². The summed E-state index contributed by atoms with van der Waals surface area (Å²) in [6.45, 7) is 6.25. The number of carbonyl (C=O) groups is 2. The number of rotatable bonds is 4. The van der Waals surface area contributed by atoms with Gasteiger partial charge in [-0.05, 0) is 39.8 Å². The summed E-state index contributed by atoms with van der Waals surface area (Å²) >= 11 is 0. The molecule has 2 saturated heterocycles. The van der Waals surface area contributed by atoms with Crippen molar-refractivity contribution in [3.05, 3.63) is 0 Å². The number of carboxylic acids is 1. The largest absolute Gasteiger partial charge is 0.481 e. The molecule has 0 aromatic heterocycles. The van der Waals surface area contributed by atoms with Gasteiger partial charge in [0, 0.05) is 19.6 Å². The average molecular weight is 269 g/mol. The van der Waals surface area contributed by atoms with Gasteiger partial charge in [0.25, 0.3) is 0 Å². The zero-order chi connectivity index (χ0) is 14.2. The minimum Gasteiger partial charge on any atom is -0.481 e. The lowest BCUT2D eigenvalue weighted by molar-refractivity contribution is -0.147. The van der Waals surface area contributed by atoms with Gasteiger partial charge in [0.1, 0.15) is 0 Å². The highest BCUT2D eigenvalue weighted by atomic mass is 16.4. The Morgan fingerprint density at radius 3 is 2.68 bits per heavy atom. The molecule has 2 rings (SSSR count). The molecule has 6 heteroatoms. The Labute approximate surface area is 113 Å². The van der Waals surface area contributed by atoms with Gasteiger partial charge in [-0.3, -0.25) is 4.79 Å². The van der Waals surface area contributed by atoms with E-state index in [0.717, 1.165) is 19.5 Å². The van der Waals surface area contributed by atoms with E-state index >= 15 is 0 Å². The minimum absolute atomic E-state index is 0.131. The number of amides is 2. The second-order valence-corrected chi connectivity index (χ2v) is 6.44. The second kappa shape index (κ2) is 5.00. The fourth-order valence-corrected chi connectivity index (χ4v) is 2.86. The molecule has 0 aromatic rings. The minimum atomic E-state index is -0.904. The SMILES string of the molecule is CN1CCC(C2CN(CC(C)(C)C(=O)O)C(=O)N2)C1. The number of carboxylic acid groups (broad SMARTS) is 1. The van der Waals surface area contributed by atoms with Crippen LogP contribution >= 0.6 is 0 Å². The van der Waals surface area contributed by atoms with E-state index in [0.29, 0.717) is 12.5 Å². The van der Waals surface area contributed by atoms with Gasteiger partial charge < -0.3 is 20.2 Å². The number of aliphatic carboxylic acids is 1. The molecule has 2 amide bonds. The lowest BCUT2D eigenvalue weighted by Gasteiger charge is -2.25. The van der Waals surface area contributed by atoms with E-state index < -0.39 is 11.4 Å². The van der Waals surface area contributed by atoms with Gasteiger partial charge in [-0.15, -0.1) is 0 Å². The van der Waals surface area contributed by atoms with Gasteiger partial charge in [0.2, 0.25) is 0 Å². The topological polar surface area (TPSA) is 72.9 Å². The predicted octanol–water partition coefficient (Wildman–Crippen LogP) is 0.443. The molecular formula is C13H23N3O3. The van der Waals surface area contributed by atoms with Crippen molar-refractivity contribution in [3.8, 4) is 0 Å². The summed E-state index contributed by atoms with van der Waals surface area (Å²) in [6, 6.07) is 0.0240. The molecule has 2 fully saturated rings. The lowest BCUT2D eigenvalue weighted by Crippen LogP contribution is -2.40. The van der Waals surface area contributed by atoms with Gasteiger partial charge >= 0.3 is 12.0 Å². The second-order valence-electron chi connectivity index (χ2n) is 6.44. The molecule has 2 atom stereocenters. The van der Waals surface area contributed by atoms with E-state index in [1.54, 1.807) is 18.7 Å². The zero-order valence-electron chi connectivity index (χ0n) is 11.8. The van der Waals surface area contributed by atoms with E-state index in [9.17, 15) is 9.59 Å². The van der Waals surface area contributed by atoms with Crippen molar-refractivity contribution in [2.24, 2.45) is 11.3 Å². The van der Waals surface area contributed by atoms with E-state index in [1.807, 2.05) is 0 Å². The monoisotopic (exact) mass is 269 g/mol. The van der Waals surface area contributed by atoms with Gasteiger partial charge in [-0.1, -0.05) is 0 Å². The smallest absolute Gasteiger partial charge is 0.317 e. The standard InChI is InChI=1S/C13H23N3O3/c1-13(2,11(17)18)8-16-7-10(14-12(16)19)9-4-5-15(3)6-9/h9-10H,4-8H2,1-3H3,(H,14,19)(H,17,18). The summed E-state index contributed by atoms with van der Waals surface area (Å²) in [4.78, 5) is 27.0. The molecule has 2 unspecified atom stereocenters. The van der Waals surface area contributed by atoms with Crippen LogP contribution in [0, 0.1) is 11.3 Å². The van der Waals surface area contributed by atoms with Crippen LogP contribution in [-0.2, 0) is 4.79 Å². The van der Waals surface area contributed by atoms with Crippen molar-refractivity contribution in [2.45, 2.75) is 26.3 Å². The van der Waals surface area contributed by atoms with Crippen LogP contribution in [0.4, 0.5) is 4.79 Å². The Bertz CT molecular complexity index is 383. The number of urea groups is 1. The van der Waals surface area contributed by atoms with Crippen LogP contribution < -0.4 is 5.32 Å². The zero-order valence-corrected chi connectivity index (χ0v) is 11.8. The summed E-state index contributed by atoms with van der Waals surface area (Å²) in [5.74, 6) is -0.392. The third kappa shape index (κ3) is 3.00. The molecule has 2 N–H and O–H groups in total. The number of carbonyl (C=O) groups excluding carboxylic acids is 1. The van der Waals surface area contributed by atoms with Crippen molar-refractivity contribution in [1.82, 2.24) is 15.1 Å². The average Bonchev–Trinajstić information content (AvgIpc) is 2.86. The molecule has 2 aliphatic heterocycles. The Hall–Kier alpha value is -1.30. The van der Waals surface area contributed by atoms with Gasteiger partial charge in [0.05, 0.1) is 11.5 Å². The van der Waals surface area contributed by atoms with Gasteiger partial charge in [-0.25, -0.2) is 4.79 Å². The molecule has 2 heterocycles. The van der Waals surface area contributed by atoms with E-state index in [4.69, 9.17) is 5.11 Å². The van der Waals surface area contributed by atoms with Gasteiger partial charge in [0.15, 0.2) is 0 Å². The van der Waals surface area contributed by atoms with Crippen LogP contribution in [0.2, 0.25) is 0 Å². The van der Waals surface area contributed by atoms with Crippen LogP contribution in [0.15, 0.2) is 0 Å². The molecule has 108 valence electrons. The molecule has 6 nitrogen and oxygen atoms in total. The Morgan fingerprint density at radius 1 is 1.47 bits per heavy atom. The van der Waals surface area contributed by atoms with Crippen molar-refractivity contribution in [2.75, 3.05) is 33.2 Å². The van der Waals surface area contributed by atoms with Crippen LogP contribution in [0.3, 0.4) is 0 Å². The first-order chi connectivity index (χ1) is 8.79. The maximum atomic E-state index is 11.9. The highest BCUT2D eigenvalue weighted by Gasteiger charge is 2.40.